The van der Waals surface area contributed by atoms with Crippen LogP contribution in [-0.2, 0) is 11.8 Å². The zero-order valence-corrected chi connectivity index (χ0v) is 12.2. The molecule has 2 aliphatic heterocycles. The summed E-state index contributed by atoms with van der Waals surface area (Å²) in [6.45, 7) is 0.690. The van der Waals surface area contributed by atoms with Gasteiger partial charge in [0.2, 0.25) is 0 Å². The van der Waals surface area contributed by atoms with Gasteiger partial charge in [-0.15, -0.1) is 0 Å². The fourth-order valence-corrected chi connectivity index (χ4v) is 4.91. The lowest BCUT2D eigenvalue weighted by Crippen LogP contribution is -2.64. The van der Waals surface area contributed by atoms with Gasteiger partial charge in [-0.1, -0.05) is 18.2 Å². The van der Waals surface area contributed by atoms with Crippen LogP contribution in [0.5, 0.6) is 11.5 Å². The average molecular weight is 305 g/mol. The van der Waals surface area contributed by atoms with Crippen molar-refractivity contribution < 1.29 is 22.8 Å². The van der Waals surface area contributed by atoms with Gasteiger partial charge < -0.3 is 19.5 Å². The van der Waals surface area contributed by atoms with E-state index in [4.69, 9.17) is 17.7 Å². The van der Waals surface area contributed by atoms with E-state index in [-0.39, 0.29) is 35.5 Å². The van der Waals surface area contributed by atoms with Crippen molar-refractivity contribution in [3.8, 4) is 11.5 Å². The zero-order valence-electron chi connectivity index (χ0n) is 18.2. The first-order valence-electron chi connectivity index (χ1n) is 10.6. The number of likely N-dealkylation sites (tertiary alicyclic amines) is 1. The molecule has 0 amide bonds. The summed E-state index contributed by atoms with van der Waals surface area (Å²) in [6.07, 6.45) is 1.57. The first-order valence-corrected chi connectivity index (χ1v) is 7.62. The van der Waals surface area contributed by atoms with Gasteiger partial charge in [0.25, 0.3) is 0 Å². The van der Waals surface area contributed by atoms with Crippen molar-refractivity contribution in [2.24, 2.45) is 5.92 Å². The minimum Gasteiger partial charge on any atom is -0.493 e. The molecule has 4 heteroatoms. The standard InChI is InChI=1S/C18H21NO3/c1-19-8-7-18-11-4-5-13(20)17(18)22-16-14(21-2)6-3-10(15(16)18)9-12(11)19/h3-6,11-13,17,20H,7-9H2,1-2H3/t11-,12+,13?,17?,18-/m0/s1/i2D3,3D,6D,17D. The first kappa shape index (κ1) is 8.37. The van der Waals surface area contributed by atoms with E-state index in [1.54, 1.807) is 6.08 Å². The summed E-state index contributed by atoms with van der Waals surface area (Å²) in [5.74, 6) is -0.405. The monoisotopic (exact) mass is 305 g/mol. The van der Waals surface area contributed by atoms with E-state index < -0.39 is 24.6 Å². The van der Waals surface area contributed by atoms with Gasteiger partial charge in [0.15, 0.2) is 11.5 Å². The number of hydrogen-bond acceptors (Lipinski definition) is 4. The zero-order chi connectivity index (χ0) is 20.2. The fraction of sp³-hybridized carbons (Fsp3) is 0.556. The van der Waals surface area contributed by atoms with Crippen LogP contribution in [0.15, 0.2) is 24.2 Å². The molecule has 4 nitrogen and oxygen atoms in total. The third-order valence-electron chi connectivity index (χ3n) is 5.85. The Morgan fingerprint density at radius 2 is 2.45 bits per heavy atom. The summed E-state index contributed by atoms with van der Waals surface area (Å²) >= 11 is 0. The minimum absolute atomic E-state index is 0.0159. The van der Waals surface area contributed by atoms with Crippen LogP contribution in [0.3, 0.4) is 0 Å². The lowest BCUT2D eigenvalue weighted by atomic mass is 9.53. The van der Waals surface area contributed by atoms with Crippen LogP contribution in [0.25, 0.3) is 0 Å². The van der Waals surface area contributed by atoms with Crippen LogP contribution in [0, 0.1) is 5.92 Å². The average Bonchev–Trinajstić information content (AvgIpc) is 2.88. The van der Waals surface area contributed by atoms with Gasteiger partial charge in [0.05, 0.1) is 15.3 Å². The molecule has 22 heavy (non-hydrogen) atoms. The Kier molecular flexibility index (Phi) is 1.54. The molecule has 2 unspecified atom stereocenters. The van der Waals surface area contributed by atoms with Gasteiger partial charge in [0, 0.05) is 22.9 Å². The van der Waals surface area contributed by atoms with E-state index in [0.29, 0.717) is 30.5 Å². The molecule has 1 spiro atoms. The molecule has 2 heterocycles. The van der Waals surface area contributed by atoms with Gasteiger partial charge in [0.1, 0.15) is 12.2 Å². The molecule has 0 aromatic heterocycles. The van der Waals surface area contributed by atoms with E-state index >= 15 is 0 Å². The highest BCUT2D eigenvalue weighted by Crippen LogP contribution is 2.62. The molecular weight excluding hydrogens is 278 g/mol. The number of methoxy groups -OCH3 is 1. The number of hydrogen-bond donors (Lipinski definition) is 1. The second-order valence-corrected chi connectivity index (χ2v) is 6.66. The van der Waals surface area contributed by atoms with Crippen molar-refractivity contribution in [3.05, 3.63) is 35.4 Å². The predicted molar refractivity (Wildman–Crippen MR) is 82.5 cm³/mol. The van der Waals surface area contributed by atoms with Crippen molar-refractivity contribution in [1.29, 1.82) is 0 Å². The molecule has 116 valence electrons. The van der Waals surface area contributed by atoms with Crippen molar-refractivity contribution in [2.45, 2.75) is 36.5 Å². The van der Waals surface area contributed by atoms with E-state index in [1.165, 1.54) is 0 Å². The van der Waals surface area contributed by atoms with Crippen LogP contribution in [-0.4, -0.2) is 48.9 Å². The molecule has 0 saturated carbocycles. The number of aliphatic hydroxyl groups is 1. The second-order valence-electron chi connectivity index (χ2n) is 6.66. The number of ether oxygens (including phenoxy) is 2. The third-order valence-corrected chi connectivity index (χ3v) is 5.85. The Balaban J connectivity index is 1.85. The summed E-state index contributed by atoms with van der Waals surface area (Å²) in [5.41, 5.74) is 0.278. The lowest BCUT2D eigenvalue weighted by molar-refractivity contribution is -0.0453. The van der Waals surface area contributed by atoms with E-state index in [1.807, 2.05) is 13.1 Å². The van der Waals surface area contributed by atoms with Crippen LogP contribution in [0.4, 0.5) is 0 Å². The summed E-state index contributed by atoms with van der Waals surface area (Å²) in [7, 11) is -0.821. The molecule has 2 aliphatic carbocycles. The maximum Gasteiger partial charge on any atom is 0.165 e. The number of benzene rings is 1. The highest BCUT2D eigenvalue weighted by molar-refractivity contribution is 5.62. The van der Waals surface area contributed by atoms with Crippen molar-refractivity contribution in [3.63, 3.8) is 0 Å². The fourth-order valence-electron chi connectivity index (χ4n) is 4.91. The molecule has 1 N–H and O–H groups in total. The molecule has 5 atom stereocenters. The Hall–Kier alpha value is -1.52. The van der Waals surface area contributed by atoms with Gasteiger partial charge in [-0.2, -0.15) is 0 Å². The second kappa shape index (κ2) is 4.06. The van der Waals surface area contributed by atoms with Crippen LogP contribution in [0.1, 0.15) is 25.8 Å². The predicted octanol–water partition coefficient (Wildman–Crippen LogP) is 1.50. The summed E-state index contributed by atoms with van der Waals surface area (Å²) in [5, 5.41) is 10.7. The molecular formula is C18H21NO3. The Labute approximate surface area is 138 Å². The SMILES string of the molecule is [2H]c1c([2H])c(OC([2H])([2H])[2H])c2c3c1C[C@@H]1[C@@H]4C=CC(O)C([2H])(O2)[C@]34CCN1C. The number of aliphatic hydroxyl groups excluding tert-OH is 1. The number of piperidine rings is 1. The molecule has 1 fully saturated rings. The maximum absolute atomic E-state index is 10.7. The van der Waals surface area contributed by atoms with E-state index in [2.05, 4.69) is 4.90 Å². The summed E-state index contributed by atoms with van der Waals surface area (Å²) in [4.78, 5) is 2.19. The van der Waals surface area contributed by atoms with Crippen molar-refractivity contribution in [1.82, 2.24) is 4.90 Å². The smallest absolute Gasteiger partial charge is 0.165 e. The van der Waals surface area contributed by atoms with E-state index in [0.717, 1.165) is 0 Å². The molecule has 2 bridgehead atoms. The minimum atomic E-state index is -2.82. The van der Waals surface area contributed by atoms with Crippen LogP contribution in [0.2, 0.25) is 0 Å². The maximum atomic E-state index is 10.7. The Morgan fingerprint density at radius 3 is 3.32 bits per heavy atom. The highest BCUT2D eigenvalue weighted by Gasteiger charge is 2.64. The van der Waals surface area contributed by atoms with E-state index in [9.17, 15) is 5.11 Å². The van der Waals surface area contributed by atoms with Crippen molar-refractivity contribution in [2.75, 3.05) is 20.6 Å². The van der Waals surface area contributed by atoms with Gasteiger partial charge >= 0.3 is 0 Å². The first-order chi connectivity index (χ1) is 13.0. The van der Waals surface area contributed by atoms with Crippen molar-refractivity contribution >= 4 is 0 Å². The highest BCUT2D eigenvalue weighted by atomic mass is 16.5. The number of nitrogens with zero attached hydrogens (tertiary/aromatic N) is 1. The summed E-state index contributed by atoms with van der Waals surface area (Å²) < 4.78 is 59.5. The Bertz CT molecular complexity index is 918. The van der Waals surface area contributed by atoms with Gasteiger partial charge in [-0.05, 0) is 38.0 Å². The topological polar surface area (TPSA) is 41.9 Å². The molecule has 1 aromatic carbocycles. The summed E-state index contributed by atoms with van der Waals surface area (Å²) in [6, 6.07) is -0.430. The Morgan fingerprint density at radius 1 is 1.55 bits per heavy atom. The third kappa shape index (κ3) is 1.28. The normalized spacial score (nSPS) is 48.9. The molecule has 5 rings (SSSR count). The molecule has 4 aliphatic rings. The number of likely N-dealkylation sites (N-methyl/N-ethyl adjacent to an activating group) is 1. The molecule has 0 radical (unpaired) electrons. The van der Waals surface area contributed by atoms with Gasteiger partial charge in [-0.3, -0.25) is 0 Å². The number of rotatable bonds is 1. The quantitative estimate of drug-likeness (QED) is 0.799. The molecule has 1 saturated heterocycles. The van der Waals surface area contributed by atoms with Crippen LogP contribution < -0.4 is 9.47 Å². The molecule has 1 aromatic rings. The largest absolute Gasteiger partial charge is 0.493 e. The van der Waals surface area contributed by atoms with Gasteiger partial charge in [-0.25, -0.2) is 0 Å². The van der Waals surface area contributed by atoms with Crippen LogP contribution >= 0.6 is 0 Å². The lowest BCUT2D eigenvalue weighted by Gasteiger charge is -2.56.